The average molecular weight is 637 g/mol. The van der Waals surface area contributed by atoms with E-state index < -0.39 is 0 Å². The highest BCUT2D eigenvalue weighted by molar-refractivity contribution is 6.12. The van der Waals surface area contributed by atoms with E-state index in [-0.39, 0.29) is 0 Å². The van der Waals surface area contributed by atoms with Crippen molar-refractivity contribution in [3.8, 4) is 67.2 Å². The van der Waals surface area contributed by atoms with E-state index in [1.54, 1.807) is 0 Å². The van der Waals surface area contributed by atoms with E-state index in [2.05, 4.69) is 194 Å². The fourth-order valence-electron chi connectivity index (χ4n) is 6.92. The van der Waals surface area contributed by atoms with E-state index >= 15 is 0 Å². The van der Waals surface area contributed by atoms with Crippen molar-refractivity contribution in [1.29, 1.82) is 0 Å². The molecular formula is C48H32N2. The SMILES string of the molecule is c1ccc(-c2cccc(-c3ccc(-c4nc(-c5cccc(-c6cccc(-c7ccccc7)c6)c5)c5c(ccc6ccccc65)n4)cc3)c2)cc1. The van der Waals surface area contributed by atoms with Crippen LogP contribution in [0.25, 0.3) is 88.8 Å². The molecule has 9 rings (SSSR count). The first kappa shape index (κ1) is 29.5. The summed E-state index contributed by atoms with van der Waals surface area (Å²) < 4.78 is 0. The van der Waals surface area contributed by atoms with Crippen molar-refractivity contribution < 1.29 is 0 Å². The normalized spacial score (nSPS) is 11.2. The minimum absolute atomic E-state index is 0.712. The van der Waals surface area contributed by atoms with Gasteiger partial charge in [0, 0.05) is 16.5 Å². The van der Waals surface area contributed by atoms with Gasteiger partial charge < -0.3 is 0 Å². The zero-order valence-corrected chi connectivity index (χ0v) is 27.4. The van der Waals surface area contributed by atoms with Gasteiger partial charge in [-0.15, -0.1) is 0 Å². The minimum atomic E-state index is 0.712. The molecule has 0 radical (unpaired) electrons. The van der Waals surface area contributed by atoms with Crippen LogP contribution in [0.3, 0.4) is 0 Å². The van der Waals surface area contributed by atoms with Crippen LogP contribution in [0.15, 0.2) is 194 Å². The second-order valence-electron chi connectivity index (χ2n) is 12.6. The maximum atomic E-state index is 5.34. The molecule has 2 nitrogen and oxygen atoms in total. The van der Waals surface area contributed by atoms with Crippen LogP contribution in [0, 0.1) is 0 Å². The van der Waals surface area contributed by atoms with E-state index in [1.807, 2.05) is 0 Å². The molecule has 2 heteroatoms. The van der Waals surface area contributed by atoms with Crippen LogP contribution in [0.5, 0.6) is 0 Å². The number of aromatic nitrogens is 2. The number of hydrogen-bond acceptors (Lipinski definition) is 2. The predicted molar refractivity (Wildman–Crippen MR) is 210 cm³/mol. The molecule has 0 saturated heterocycles. The molecule has 1 heterocycles. The Bertz CT molecular complexity index is 2620. The standard InChI is InChI=1S/C48H32N2/c1-3-12-33(13-4-1)38-17-9-19-40(30-38)35-24-26-37(27-25-35)48-49-45-29-28-36-16-7-8-23-44(36)46(45)47(50-48)43-22-11-21-42(32-43)41-20-10-18-39(31-41)34-14-5-2-6-15-34/h1-32H. The van der Waals surface area contributed by atoms with Crippen molar-refractivity contribution in [2.45, 2.75) is 0 Å². The molecule has 0 unspecified atom stereocenters. The summed E-state index contributed by atoms with van der Waals surface area (Å²) in [4.78, 5) is 10.5. The second kappa shape index (κ2) is 12.8. The Morgan fingerprint density at radius 1 is 0.280 bits per heavy atom. The van der Waals surface area contributed by atoms with Gasteiger partial charge in [-0.1, -0.05) is 170 Å². The topological polar surface area (TPSA) is 25.8 Å². The molecule has 0 N–H and O–H groups in total. The zero-order chi connectivity index (χ0) is 33.3. The van der Waals surface area contributed by atoms with Gasteiger partial charge >= 0.3 is 0 Å². The van der Waals surface area contributed by atoms with Crippen molar-refractivity contribution in [3.63, 3.8) is 0 Å². The lowest BCUT2D eigenvalue weighted by Gasteiger charge is -2.14. The maximum Gasteiger partial charge on any atom is 0.160 e. The molecule has 0 spiro atoms. The summed E-state index contributed by atoms with van der Waals surface area (Å²) in [5, 5.41) is 3.39. The van der Waals surface area contributed by atoms with E-state index in [1.165, 1.54) is 38.8 Å². The summed E-state index contributed by atoms with van der Waals surface area (Å²) in [6.07, 6.45) is 0. The summed E-state index contributed by atoms with van der Waals surface area (Å²) in [6.45, 7) is 0. The van der Waals surface area contributed by atoms with Crippen LogP contribution in [-0.2, 0) is 0 Å². The largest absolute Gasteiger partial charge is 0.228 e. The Hall–Kier alpha value is -6.64. The molecule has 0 bridgehead atoms. The fraction of sp³-hybridized carbons (Fsp3) is 0. The number of fused-ring (bicyclic) bond motifs is 3. The number of nitrogens with zero attached hydrogens (tertiary/aromatic N) is 2. The summed E-state index contributed by atoms with van der Waals surface area (Å²) >= 11 is 0. The third-order valence-corrected chi connectivity index (χ3v) is 9.47. The highest BCUT2D eigenvalue weighted by Gasteiger charge is 2.15. The van der Waals surface area contributed by atoms with Crippen molar-refractivity contribution in [2.75, 3.05) is 0 Å². The minimum Gasteiger partial charge on any atom is -0.228 e. The molecule has 0 aliphatic heterocycles. The second-order valence-corrected chi connectivity index (χ2v) is 12.6. The number of hydrogen-bond donors (Lipinski definition) is 0. The Labute approximate surface area is 292 Å². The third kappa shape index (κ3) is 5.63. The Morgan fingerprint density at radius 2 is 0.720 bits per heavy atom. The van der Waals surface area contributed by atoms with Crippen molar-refractivity contribution in [1.82, 2.24) is 9.97 Å². The number of benzene rings is 8. The Kier molecular flexibility index (Phi) is 7.53. The molecule has 9 aromatic rings. The smallest absolute Gasteiger partial charge is 0.160 e. The lowest BCUT2D eigenvalue weighted by Crippen LogP contribution is -1.96. The van der Waals surface area contributed by atoms with Crippen molar-refractivity contribution >= 4 is 21.7 Å². The average Bonchev–Trinajstić information content (AvgIpc) is 3.21. The highest BCUT2D eigenvalue weighted by Crippen LogP contribution is 2.37. The van der Waals surface area contributed by atoms with Crippen molar-refractivity contribution in [3.05, 3.63) is 194 Å². The first-order valence-corrected chi connectivity index (χ1v) is 17.0. The van der Waals surface area contributed by atoms with E-state index in [9.17, 15) is 0 Å². The summed E-state index contributed by atoms with van der Waals surface area (Å²) in [5.41, 5.74) is 13.4. The molecule has 0 aliphatic rings. The molecule has 0 saturated carbocycles. The molecule has 1 aromatic heterocycles. The first-order valence-electron chi connectivity index (χ1n) is 17.0. The summed E-state index contributed by atoms with van der Waals surface area (Å²) in [7, 11) is 0. The number of rotatable bonds is 6. The molecule has 234 valence electrons. The fourth-order valence-corrected chi connectivity index (χ4v) is 6.92. The van der Waals surface area contributed by atoms with Gasteiger partial charge in [-0.3, -0.25) is 0 Å². The van der Waals surface area contributed by atoms with E-state index in [4.69, 9.17) is 9.97 Å². The maximum absolute atomic E-state index is 5.34. The van der Waals surface area contributed by atoms with Crippen LogP contribution in [0.4, 0.5) is 0 Å². The lowest BCUT2D eigenvalue weighted by atomic mass is 9.95. The summed E-state index contributed by atoms with van der Waals surface area (Å²) in [6, 6.07) is 68.7. The van der Waals surface area contributed by atoms with Gasteiger partial charge in [0.1, 0.15) is 0 Å². The predicted octanol–water partition coefficient (Wildman–Crippen LogP) is 12.8. The van der Waals surface area contributed by atoms with Gasteiger partial charge in [-0.2, -0.15) is 0 Å². The summed E-state index contributed by atoms with van der Waals surface area (Å²) in [5.74, 6) is 0.712. The molecule has 0 fully saturated rings. The Balaban J connectivity index is 1.15. The molecule has 0 amide bonds. The van der Waals surface area contributed by atoms with E-state index in [0.29, 0.717) is 5.82 Å². The third-order valence-electron chi connectivity index (χ3n) is 9.47. The van der Waals surface area contributed by atoms with Crippen LogP contribution < -0.4 is 0 Å². The van der Waals surface area contributed by atoms with Crippen LogP contribution in [0.2, 0.25) is 0 Å². The Morgan fingerprint density at radius 3 is 1.32 bits per heavy atom. The quantitative estimate of drug-likeness (QED) is 0.170. The molecule has 8 aromatic carbocycles. The van der Waals surface area contributed by atoms with Gasteiger partial charge in [0.25, 0.3) is 0 Å². The molecule has 50 heavy (non-hydrogen) atoms. The first-order chi connectivity index (χ1) is 24.8. The zero-order valence-electron chi connectivity index (χ0n) is 27.4. The molecule has 0 atom stereocenters. The van der Waals surface area contributed by atoms with Gasteiger partial charge in [0.15, 0.2) is 5.82 Å². The van der Waals surface area contributed by atoms with Crippen molar-refractivity contribution in [2.24, 2.45) is 0 Å². The van der Waals surface area contributed by atoms with Crippen LogP contribution in [-0.4, -0.2) is 9.97 Å². The van der Waals surface area contributed by atoms with Gasteiger partial charge in [0.2, 0.25) is 0 Å². The van der Waals surface area contributed by atoms with Gasteiger partial charge in [0.05, 0.1) is 11.2 Å². The van der Waals surface area contributed by atoms with Crippen LogP contribution >= 0.6 is 0 Å². The molecular weight excluding hydrogens is 605 g/mol. The highest BCUT2D eigenvalue weighted by atomic mass is 14.9. The lowest BCUT2D eigenvalue weighted by molar-refractivity contribution is 1.23. The molecule has 0 aliphatic carbocycles. The van der Waals surface area contributed by atoms with Gasteiger partial charge in [-0.05, 0) is 79.5 Å². The monoisotopic (exact) mass is 636 g/mol. The van der Waals surface area contributed by atoms with Gasteiger partial charge in [-0.25, -0.2) is 9.97 Å². The van der Waals surface area contributed by atoms with Crippen LogP contribution in [0.1, 0.15) is 0 Å². The van der Waals surface area contributed by atoms with E-state index in [0.717, 1.165) is 44.2 Å².